The molecule has 2 fully saturated rings. The zero-order chi connectivity index (χ0) is 14.0. The summed E-state index contributed by atoms with van der Waals surface area (Å²) in [7, 11) is 2.05. The maximum absolute atomic E-state index is 5.77. The van der Waals surface area contributed by atoms with E-state index < -0.39 is 0 Å². The van der Waals surface area contributed by atoms with Crippen molar-refractivity contribution < 1.29 is 9.26 Å². The summed E-state index contributed by atoms with van der Waals surface area (Å²) in [6, 6.07) is 0.581. The van der Waals surface area contributed by atoms with E-state index in [-0.39, 0.29) is 5.60 Å². The van der Waals surface area contributed by atoms with Gasteiger partial charge in [-0.1, -0.05) is 18.0 Å². The summed E-state index contributed by atoms with van der Waals surface area (Å²) in [5.41, 5.74) is -0.337. The third kappa shape index (κ3) is 2.74. The topological polar surface area (TPSA) is 60.2 Å². The van der Waals surface area contributed by atoms with Crippen LogP contribution in [0.25, 0.3) is 0 Å². The van der Waals surface area contributed by atoms with E-state index >= 15 is 0 Å². The van der Waals surface area contributed by atoms with Gasteiger partial charge in [0.05, 0.1) is 0 Å². The van der Waals surface area contributed by atoms with Crippen LogP contribution in [0, 0.1) is 5.92 Å². The molecule has 1 aromatic heterocycles. The summed E-state index contributed by atoms with van der Waals surface area (Å²) in [5, 5.41) is 7.58. The Morgan fingerprint density at radius 1 is 1.30 bits per heavy atom. The molecule has 0 radical (unpaired) electrons. The molecule has 1 aliphatic carbocycles. The number of rotatable bonds is 4. The van der Waals surface area contributed by atoms with Crippen molar-refractivity contribution in [3.8, 4) is 0 Å². The second-order valence-corrected chi connectivity index (χ2v) is 6.34. The molecule has 1 saturated carbocycles. The van der Waals surface area contributed by atoms with Gasteiger partial charge in [0.2, 0.25) is 11.7 Å². The molecule has 3 rings (SSSR count). The molecule has 2 heterocycles. The van der Waals surface area contributed by atoms with Crippen LogP contribution in [0.2, 0.25) is 0 Å². The molecular formula is C15H25N3O2. The van der Waals surface area contributed by atoms with Gasteiger partial charge in [-0.2, -0.15) is 4.98 Å². The Morgan fingerprint density at radius 3 is 2.90 bits per heavy atom. The normalized spacial score (nSPS) is 34.5. The first-order chi connectivity index (χ1) is 9.71. The summed E-state index contributed by atoms with van der Waals surface area (Å²) >= 11 is 0. The molecule has 0 bridgehead atoms. The average Bonchev–Trinajstić information content (AvgIpc) is 3.10. The van der Waals surface area contributed by atoms with E-state index in [2.05, 4.69) is 29.4 Å². The molecular weight excluding hydrogens is 254 g/mol. The SMILES string of the molecule is CNC1CCCCC1Cc1nc(C2(C)CCCO2)no1. The van der Waals surface area contributed by atoms with Crippen molar-refractivity contribution in [1.29, 1.82) is 0 Å². The Hall–Kier alpha value is -0.940. The summed E-state index contributed by atoms with van der Waals surface area (Å²) in [5.74, 6) is 2.10. The zero-order valence-corrected chi connectivity index (χ0v) is 12.5. The number of aromatic nitrogens is 2. The van der Waals surface area contributed by atoms with E-state index in [9.17, 15) is 0 Å². The van der Waals surface area contributed by atoms with Gasteiger partial charge in [0, 0.05) is 19.1 Å². The first-order valence-corrected chi connectivity index (χ1v) is 7.85. The summed E-state index contributed by atoms with van der Waals surface area (Å²) in [4.78, 5) is 4.60. The first-order valence-electron chi connectivity index (χ1n) is 7.85. The predicted molar refractivity (Wildman–Crippen MR) is 75.3 cm³/mol. The van der Waals surface area contributed by atoms with E-state index in [1.54, 1.807) is 0 Å². The van der Waals surface area contributed by atoms with Gasteiger partial charge in [-0.3, -0.25) is 0 Å². The molecule has 2 aliphatic rings. The van der Waals surface area contributed by atoms with Crippen molar-refractivity contribution in [3.05, 3.63) is 11.7 Å². The molecule has 0 aromatic carbocycles. The molecule has 3 unspecified atom stereocenters. The number of nitrogens with zero attached hydrogens (tertiary/aromatic N) is 2. The van der Waals surface area contributed by atoms with Crippen LogP contribution >= 0.6 is 0 Å². The third-order valence-electron chi connectivity index (χ3n) is 4.88. The molecule has 0 spiro atoms. The number of hydrogen-bond donors (Lipinski definition) is 1. The fourth-order valence-electron chi connectivity index (χ4n) is 3.56. The van der Waals surface area contributed by atoms with Crippen LogP contribution in [-0.4, -0.2) is 29.8 Å². The molecule has 1 aromatic rings. The Balaban J connectivity index is 1.67. The second-order valence-electron chi connectivity index (χ2n) is 6.34. The highest BCUT2D eigenvalue weighted by Gasteiger charge is 2.37. The molecule has 5 heteroatoms. The van der Waals surface area contributed by atoms with E-state index in [0.29, 0.717) is 12.0 Å². The lowest BCUT2D eigenvalue weighted by atomic mass is 9.82. The number of nitrogens with one attached hydrogen (secondary N) is 1. The van der Waals surface area contributed by atoms with Gasteiger partial charge in [0.15, 0.2) is 0 Å². The Labute approximate surface area is 120 Å². The molecule has 20 heavy (non-hydrogen) atoms. The standard InChI is InChI=1S/C15H25N3O2/c1-15(8-5-9-19-15)14-17-13(20-18-14)10-11-6-3-4-7-12(11)16-2/h11-12,16H,3-10H2,1-2H3. The largest absolute Gasteiger partial charge is 0.367 e. The number of hydrogen-bond acceptors (Lipinski definition) is 5. The maximum Gasteiger partial charge on any atom is 0.227 e. The molecule has 1 saturated heterocycles. The van der Waals surface area contributed by atoms with Crippen molar-refractivity contribution in [2.45, 2.75) is 63.5 Å². The van der Waals surface area contributed by atoms with Crippen molar-refractivity contribution in [2.24, 2.45) is 5.92 Å². The van der Waals surface area contributed by atoms with Crippen LogP contribution in [0.5, 0.6) is 0 Å². The Morgan fingerprint density at radius 2 is 2.15 bits per heavy atom. The monoisotopic (exact) mass is 279 g/mol. The minimum absolute atomic E-state index is 0.337. The fraction of sp³-hybridized carbons (Fsp3) is 0.867. The lowest BCUT2D eigenvalue weighted by Gasteiger charge is -2.30. The van der Waals surface area contributed by atoms with E-state index in [0.717, 1.165) is 37.6 Å². The molecule has 1 aliphatic heterocycles. The summed E-state index contributed by atoms with van der Waals surface area (Å²) in [6.07, 6.45) is 8.07. The first kappa shape index (κ1) is 14.0. The molecule has 0 amide bonds. The minimum Gasteiger partial charge on any atom is -0.367 e. The van der Waals surface area contributed by atoms with Gasteiger partial charge in [0.1, 0.15) is 5.60 Å². The van der Waals surface area contributed by atoms with Crippen molar-refractivity contribution in [3.63, 3.8) is 0 Å². The van der Waals surface area contributed by atoms with Crippen LogP contribution in [-0.2, 0) is 16.8 Å². The average molecular weight is 279 g/mol. The zero-order valence-electron chi connectivity index (χ0n) is 12.5. The quantitative estimate of drug-likeness (QED) is 0.917. The smallest absolute Gasteiger partial charge is 0.227 e. The van der Waals surface area contributed by atoms with Gasteiger partial charge in [-0.15, -0.1) is 0 Å². The highest BCUT2D eigenvalue weighted by molar-refractivity contribution is 5.02. The van der Waals surface area contributed by atoms with Gasteiger partial charge in [-0.05, 0) is 45.6 Å². The lowest BCUT2D eigenvalue weighted by Crippen LogP contribution is -2.37. The van der Waals surface area contributed by atoms with Crippen LogP contribution in [0.4, 0.5) is 0 Å². The Kier molecular flexibility index (Phi) is 4.08. The fourth-order valence-corrected chi connectivity index (χ4v) is 3.56. The Bertz CT molecular complexity index is 440. The molecule has 5 nitrogen and oxygen atoms in total. The summed E-state index contributed by atoms with van der Waals surface area (Å²) in [6.45, 7) is 2.86. The minimum atomic E-state index is -0.337. The third-order valence-corrected chi connectivity index (χ3v) is 4.88. The van der Waals surface area contributed by atoms with Crippen molar-refractivity contribution in [1.82, 2.24) is 15.5 Å². The van der Waals surface area contributed by atoms with Gasteiger partial charge in [0.25, 0.3) is 0 Å². The molecule has 112 valence electrons. The van der Waals surface area contributed by atoms with Gasteiger partial charge >= 0.3 is 0 Å². The highest BCUT2D eigenvalue weighted by atomic mass is 16.5. The molecule has 3 atom stereocenters. The van der Waals surface area contributed by atoms with Crippen molar-refractivity contribution in [2.75, 3.05) is 13.7 Å². The molecule has 1 N–H and O–H groups in total. The van der Waals surface area contributed by atoms with Gasteiger partial charge in [-0.25, -0.2) is 0 Å². The van der Waals surface area contributed by atoms with Crippen molar-refractivity contribution >= 4 is 0 Å². The van der Waals surface area contributed by atoms with E-state index in [1.807, 2.05) is 0 Å². The lowest BCUT2D eigenvalue weighted by molar-refractivity contribution is 0.00768. The summed E-state index contributed by atoms with van der Waals surface area (Å²) < 4.78 is 11.2. The van der Waals surface area contributed by atoms with Crippen LogP contribution in [0.15, 0.2) is 4.52 Å². The second kappa shape index (κ2) is 5.82. The van der Waals surface area contributed by atoms with E-state index in [1.165, 1.54) is 25.7 Å². The maximum atomic E-state index is 5.77. The highest BCUT2D eigenvalue weighted by Crippen LogP contribution is 2.34. The van der Waals surface area contributed by atoms with Crippen LogP contribution in [0.3, 0.4) is 0 Å². The predicted octanol–water partition coefficient (Wildman–Crippen LogP) is 2.42. The number of ether oxygens (including phenoxy) is 1. The van der Waals surface area contributed by atoms with E-state index in [4.69, 9.17) is 9.26 Å². The van der Waals surface area contributed by atoms with Crippen LogP contribution < -0.4 is 5.32 Å². The van der Waals surface area contributed by atoms with Gasteiger partial charge < -0.3 is 14.6 Å². The van der Waals surface area contributed by atoms with Crippen LogP contribution in [0.1, 0.15) is 57.2 Å².